The second kappa shape index (κ2) is 4.43. The van der Waals surface area contributed by atoms with Gasteiger partial charge in [0.25, 0.3) is 0 Å². The van der Waals surface area contributed by atoms with E-state index >= 15 is 0 Å². The summed E-state index contributed by atoms with van der Waals surface area (Å²) < 4.78 is 5.89. The number of rotatable bonds is 3. The first-order valence-corrected chi connectivity index (χ1v) is 7.49. The van der Waals surface area contributed by atoms with Crippen molar-refractivity contribution < 1.29 is 19.4 Å². The minimum atomic E-state index is -0.955. The molecule has 1 spiro atoms. The third-order valence-corrected chi connectivity index (χ3v) is 5.16. The van der Waals surface area contributed by atoms with Crippen LogP contribution in [0.1, 0.15) is 18.5 Å². The Hall–Kier alpha value is -2.14. The largest absolute Gasteiger partial charge is 0.481 e. The molecular formula is C17H17NO4. The molecular weight excluding hydrogens is 282 g/mol. The fraction of sp³-hybridized carbons (Fsp3) is 0.412. The van der Waals surface area contributed by atoms with E-state index in [-0.39, 0.29) is 11.9 Å². The van der Waals surface area contributed by atoms with Gasteiger partial charge in [-0.15, -0.1) is 0 Å². The van der Waals surface area contributed by atoms with E-state index in [0.717, 1.165) is 5.56 Å². The highest BCUT2D eigenvalue weighted by Crippen LogP contribution is 2.53. The highest BCUT2D eigenvalue weighted by Gasteiger charge is 2.67. The topological polar surface area (TPSA) is 66.8 Å². The van der Waals surface area contributed by atoms with Crippen LogP contribution < -0.4 is 0 Å². The zero-order valence-corrected chi connectivity index (χ0v) is 12.2. The molecule has 1 aromatic rings. The zero-order valence-electron chi connectivity index (χ0n) is 12.2. The molecule has 5 atom stereocenters. The van der Waals surface area contributed by atoms with Crippen molar-refractivity contribution in [2.45, 2.75) is 24.7 Å². The molecule has 3 aliphatic rings. The van der Waals surface area contributed by atoms with Crippen molar-refractivity contribution in [3.63, 3.8) is 0 Å². The van der Waals surface area contributed by atoms with E-state index in [9.17, 15) is 14.7 Å². The van der Waals surface area contributed by atoms with Crippen LogP contribution in [0.5, 0.6) is 0 Å². The molecule has 3 aliphatic heterocycles. The number of fused-ring (bicyclic) bond motifs is 1. The molecule has 4 rings (SSSR count). The third kappa shape index (κ3) is 1.63. The Morgan fingerprint density at radius 3 is 2.82 bits per heavy atom. The Morgan fingerprint density at radius 1 is 1.41 bits per heavy atom. The molecule has 22 heavy (non-hydrogen) atoms. The van der Waals surface area contributed by atoms with E-state index in [0.29, 0.717) is 6.54 Å². The number of carboxylic acid groups (broad SMARTS) is 1. The van der Waals surface area contributed by atoms with Crippen molar-refractivity contribution in [3.8, 4) is 0 Å². The lowest BCUT2D eigenvalue weighted by Gasteiger charge is -2.27. The second-order valence-electron chi connectivity index (χ2n) is 6.29. The smallest absolute Gasteiger partial charge is 0.310 e. The lowest BCUT2D eigenvalue weighted by atomic mass is 9.77. The predicted molar refractivity (Wildman–Crippen MR) is 77.9 cm³/mol. The van der Waals surface area contributed by atoms with Gasteiger partial charge in [0.1, 0.15) is 11.5 Å². The standard InChI is InChI=1S/C17H17NO4/c1-10(11-5-3-2-4-6-11)18-9-17-8-7-12(22-17)13(16(20)21)14(17)15(18)19/h2-8,10,12-14H,9H2,1H3,(H,20,21)/t10-,12-,13-,14-,17-/m1/s1. The first-order valence-electron chi connectivity index (χ1n) is 7.49. The summed E-state index contributed by atoms with van der Waals surface area (Å²) in [6.45, 7) is 2.39. The molecule has 1 N–H and O–H groups in total. The number of likely N-dealkylation sites (tertiary alicyclic amines) is 1. The van der Waals surface area contributed by atoms with Gasteiger partial charge in [0.05, 0.1) is 24.6 Å². The van der Waals surface area contributed by atoms with Crippen LogP contribution in [-0.4, -0.2) is 40.1 Å². The van der Waals surface area contributed by atoms with Gasteiger partial charge in [-0.3, -0.25) is 9.59 Å². The first-order chi connectivity index (χ1) is 10.5. The van der Waals surface area contributed by atoms with Crippen molar-refractivity contribution in [3.05, 3.63) is 48.0 Å². The van der Waals surface area contributed by atoms with Crippen molar-refractivity contribution >= 4 is 11.9 Å². The van der Waals surface area contributed by atoms with Crippen LogP contribution in [0.2, 0.25) is 0 Å². The number of ether oxygens (including phenoxy) is 1. The number of amides is 1. The molecule has 0 radical (unpaired) electrons. The lowest BCUT2D eigenvalue weighted by molar-refractivity contribution is -0.148. The van der Waals surface area contributed by atoms with Crippen LogP contribution in [0.15, 0.2) is 42.5 Å². The van der Waals surface area contributed by atoms with E-state index in [2.05, 4.69) is 0 Å². The van der Waals surface area contributed by atoms with Gasteiger partial charge >= 0.3 is 5.97 Å². The monoisotopic (exact) mass is 299 g/mol. The van der Waals surface area contributed by atoms with Gasteiger partial charge in [-0.2, -0.15) is 0 Å². The van der Waals surface area contributed by atoms with Crippen molar-refractivity contribution in [1.29, 1.82) is 0 Å². The molecule has 5 nitrogen and oxygen atoms in total. The van der Waals surface area contributed by atoms with Crippen LogP contribution >= 0.6 is 0 Å². The van der Waals surface area contributed by atoms with Gasteiger partial charge in [-0.1, -0.05) is 42.5 Å². The molecule has 3 heterocycles. The molecule has 0 aliphatic carbocycles. The summed E-state index contributed by atoms with van der Waals surface area (Å²) in [4.78, 5) is 26.1. The second-order valence-corrected chi connectivity index (χ2v) is 6.29. The van der Waals surface area contributed by atoms with E-state index in [4.69, 9.17) is 4.74 Å². The average Bonchev–Trinajstić information content (AvgIpc) is 3.15. The number of carbonyl (C=O) groups excluding carboxylic acids is 1. The van der Waals surface area contributed by atoms with Gasteiger partial charge in [-0.05, 0) is 12.5 Å². The molecule has 2 saturated heterocycles. The minimum Gasteiger partial charge on any atom is -0.481 e. The van der Waals surface area contributed by atoms with Gasteiger partial charge < -0.3 is 14.7 Å². The Balaban J connectivity index is 1.68. The number of carboxylic acids is 1. The minimum absolute atomic E-state index is 0.0980. The number of hydrogen-bond acceptors (Lipinski definition) is 3. The maximum atomic E-state index is 12.8. The van der Waals surface area contributed by atoms with Crippen molar-refractivity contribution in [2.75, 3.05) is 6.54 Å². The summed E-state index contributed by atoms with van der Waals surface area (Å²) in [6, 6.07) is 9.67. The Morgan fingerprint density at radius 2 is 2.14 bits per heavy atom. The van der Waals surface area contributed by atoms with Crippen LogP contribution in [0.3, 0.4) is 0 Å². The summed E-state index contributed by atoms with van der Waals surface area (Å²) in [6.07, 6.45) is 3.21. The van der Waals surface area contributed by atoms with Crippen LogP contribution in [-0.2, 0) is 14.3 Å². The quantitative estimate of drug-likeness (QED) is 0.861. The van der Waals surface area contributed by atoms with Gasteiger partial charge in [0.15, 0.2) is 0 Å². The normalized spacial score (nSPS) is 36.7. The Kier molecular flexibility index (Phi) is 2.72. The first kappa shape index (κ1) is 13.5. The highest BCUT2D eigenvalue weighted by molar-refractivity contribution is 5.91. The maximum Gasteiger partial charge on any atom is 0.310 e. The fourth-order valence-corrected chi connectivity index (χ4v) is 4.05. The molecule has 0 saturated carbocycles. The van der Waals surface area contributed by atoms with Crippen LogP contribution in [0.4, 0.5) is 0 Å². The fourth-order valence-electron chi connectivity index (χ4n) is 4.05. The SMILES string of the molecule is C[C@H](c1ccccc1)N1C[C@@]23C=C[C@@H](O2)[C@@H](C(=O)O)[C@@H]3C1=O. The average molecular weight is 299 g/mol. The van der Waals surface area contributed by atoms with E-state index in [1.807, 2.05) is 43.3 Å². The molecule has 5 heteroatoms. The Bertz CT molecular complexity index is 670. The molecule has 2 fully saturated rings. The molecule has 1 aromatic carbocycles. The maximum absolute atomic E-state index is 12.8. The number of aliphatic carboxylic acids is 1. The molecule has 0 aromatic heterocycles. The summed E-state index contributed by atoms with van der Waals surface area (Å²) in [7, 11) is 0. The molecule has 2 bridgehead atoms. The summed E-state index contributed by atoms with van der Waals surface area (Å²) >= 11 is 0. The van der Waals surface area contributed by atoms with E-state index in [1.165, 1.54) is 0 Å². The zero-order chi connectivity index (χ0) is 15.5. The summed E-state index contributed by atoms with van der Waals surface area (Å²) in [5, 5.41) is 9.45. The molecule has 0 unspecified atom stereocenters. The van der Waals surface area contributed by atoms with E-state index < -0.39 is 29.5 Å². The van der Waals surface area contributed by atoms with Gasteiger partial charge in [0, 0.05) is 0 Å². The van der Waals surface area contributed by atoms with E-state index in [1.54, 1.807) is 11.0 Å². The number of benzene rings is 1. The van der Waals surface area contributed by atoms with Gasteiger partial charge in [-0.25, -0.2) is 0 Å². The van der Waals surface area contributed by atoms with Crippen molar-refractivity contribution in [2.24, 2.45) is 11.8 Å². The summed E-state index contributed by atoms with van der Waals surface area (Å²) in [5.74, 6) is -2.45. The molecule has 1 amide bonds. The van der Waals surface area contributed by atoms with Gasteiger partial charge in [0.2, 0.25) is 5.91 Å². The highest BCUT2D eigenvalue weighted by atomic mass is 16.5. The number of carbonyl (C=O) groups is 2. The molecule has 114 valence electrons. The Labute approximate surface area is 128 Å². The number of hydrogen-bond donors (Lipinski definition) is 1. The third-order valence-electron chi connectivity index (χ3n) is 5.16. The van der Waals surface area contributed by atoms with Crippen LogP contribution in [0, 0.1) is 11.8 Å². The summed E-state index contributed by atoms with van der Waals surface area (Å²) in [5.41, 5.74) is 0.283. The van der Waals surface area contributed by atoms with Crippen LogP contribution in [0.25, 0.3) is 0 Å². The lowest BCUT2D eigenvalue weighted by Crippen LogP contribution is -2.39. The number of nitrogens with zero attached hydrogens (tertiary/aromatic N) is 1. The predicted octanol–water partition coefficient (Wildman–Crippen LogP) is 1.61. The van der Waals surface area contributed by atoms with Crippen molar-refractivity contribution in [1.82, 2.24) is 4.90 Å².